The minimum absolute atomic E-state index is 0.224. The molecule has 0 N–H and O–H groups in total. The van der Waals surface area contributed by atoms with Crippen molar-refractivity contribution < 1.29 is 9.13 Å². The molecule has 2 aromatic carbocycles. The van der Waals surface area contributed by atoms with Gasteiger partial charge in [-0.05, 0) is 73.3 Å². The Morgan fingerprint density at radius 2 is 1.39 bits per heavy atom. The molecule has 0 spiro atoms. The van der Waals surface area contributed by atoms with Gasteiger partial charge >= 0.3 is 0 Å². The van der Waals surface area contributed by atoms with Gasteiger partial charge in [0.1, 0.15) is 0 Å². The number of benzene rings is 2. The summed E-state index contributed by atoms with van der Waals surface area (Å²) in [7, 11) is 0. The van der Waals surface area contributed by atoms with E-state index in [1.54, 1.807) is 6.07 Å². The molecular formula is C29H41FO. The number of halogens is 1. The van der Waals surface area contributed by atoms with Crippen molar-refractivity contribution >= 4 is 10.8 Å². The van der Waals surface area contributed by atoms with E-state index in [0.29, 0.717) is 23.7 Å². The lowest BCUT2D eigenvalue weighted by Gasteiger charge is -2.32. The summed E-state index contributed by atoms with van der Waals surface area (Å²) in [4.78, 5) is 0. The average molecular weight is 425 g/mol. The molecule has 1 nitrogen and oxygen atoms in total. The molecule has 2 aromatic rings. The summed E-state index contributed by atoms with van der Waals surface area (Å²) in [6.45, 7) is 4.71. The Morgan fingerprint density at radius 1 is 0.774 bits per heavy atom. The van der Waals surface area contributed by atoms with Crippen molar-refractivity contribution in [3.63, 3.8) is 0 Å². The molecule has 170 valence electrons. The fourth-order valence-corrected chi connectivity index (χ4v) is 6.28. The minimum atomic E-state index is -0.224. The van der Waals surface area contributed by atoms with Gasteiger partial charge in [0.25, 0.3) is 0 Å². The molecule has 31 heavy (non-hydrogen) atoms. The molecule has 0 radical (unpaired) electrons. The highest BCUT2D eigenvalue weighted by Gasteiger charge is 2.25. The lowest BCUT2D eigenvalue weighted by atomic mass is 9.74. The van der Waals surface area contributed by atoms with Crippen LogP contribution in [0.15, 0.2) is 30.3 Å². The highest BCUT2D eigenvalue weighted by atomic mass is 19.1. The van der Waals surface area contributed by atoms with Crippen LogP contribution in [-0.2, 0) is 0 Å². The molecule has 2 aliphatic rings. The number of ether oxygens (including phenoxy) is 1. The highest BCUT2D eigenvalue weighted by Crippen LogP contribution is 2.41. The van der Waals surface area contributed by atoms with Crippen LogP contribution in [0.4, 0.5) is 4.39 Å². The van der Waals surface area contributed by atoms with Gasteiger partial charge in [-0.3, -0.25) is 0 Å². The molecule has 0 heterocycles. The maximum absolute atomic E-state index is 14.7. The lowest BCUT2D eigenvalue weighted by molar-refractivity contribution is 0.224. The normalized spacial score (nSPS) is 26.8. The van der Waals surface area contributed by atoms with Gasteiger partial charge in [0.2, 0.25) is 0 Å². The molecule has 0 saturated heterocycles. The molecule has 0 amide bonds. The van der Waals surface area contributed by atoms with Gasteiger partial charge in [0.05, 0.1) is 6.61 Å². The van der Waals surface area contributed by atoms with Gasteiger partial charge in [-0.2, -0.15) is 0 Å². The van der Waals surface area contributed by atoms with Crippen LogP contribution in [0.2, 0.25) is 0 Å². The van der Waals surface area contributed by atoms with Crippen molar-refractivity contribution in [1.82, 2.24) is 0 Å². The Kier molecular flexibility index (Phi) is 7.91. The second-order valence-electron chi connectivity index (χ2n) is 10.3. The first-order valence-electron chi connectivity index (χ1n) is 13.0. The number of hydrogen-bond acceptors (Lipinski definition) is 1. The molecule has 0 unspecified atom stereocenters. The summed E-state index contributed by atoms with van der Waals surface area (Å²) in [5, 5.41) is 1.68. The molecule has 2 saturated carbocycles. The van der Waals surface area contributed by atoms with Crippen molar-refractivity contribution in [2.45, 2.75) is 96.8 Å². The largest absolute Gasteiger partial charge is 0.491 e. The molecule has 4 rings (SSSR count). The van der Waals surface area contributed by atoms with Gasteiger partial charge in [0.15, 0.2) is 11.6 Å². The third-order valence-corrected chi connectivity index (χ3v) is 8.21. The van der Waals surface area contributed by atoms with Gasteiger partial charge < -0.3 is 4.74 Å². The first-order chi connectivity index (χ1) is 15.2. The van der Waals surface area contributed by atoms with Crippen LogP contribution < -0.4 is 4.74 Å². The molecule has 2 aliphatic carbocycles. The Hall–Kier alpha value is -1.57. The third kappa shape index (κ3) is 5.62. The van der Waals surface area contributed by atoms with E-state index in [4.69, 9.17) is 4.74 Å². The van der Waals surface area contributed by atoms with Crippen LogP contribution >= 0.6 is 0 Å². The van der Waals surface area contributed by atoms with Gasteiger partial charge in [-0.25, -0.2) is 4.39 Å². The zero-order valence-corrected chi connectivity index (χ0v) is 19.7. The van der Waals surface area contributed by atoms with Gasteiger partial charge in [-0.1, -0.05) is 82.6 Å². The second kappa shape index (κ2) is 10.8. The molecule has 0 bridgehead atoms. The van der Waals surface area contributed by atoms with Crippen molar-refractivity contribution in [3.05, 3.63) is 41.7 Å². The third-order valence-electron chi connectivity index (χ3n) is 8.21. The first kappa shape index (κ1) is 22.6. The zero-order chi connectivity index (χ0) is 21.6. The van der Waals surface area contributed by atoms with E-state index >= 15 is 0 Å². The molecular weight excluding hydrogens is 383 g/mol. The van der Waals surface area contributed by atoms with E-state index in [2.05, 4.69) is 19.1 Å². The molecule has 2 fully saturated rings. The van der Waals surface area contributed by atoms with E-state index < -0.39 is 0 Å². The topological polar surface area (TPSA) is 9.23 Å². The average Bonchev–Trinajstić information content (AvgIpc) is 2.81. The molecule has 2 heteroatoms. The molecule has 0 aliphatic heterocycles. The predicted molar refractivity (Wildman–Crippen MR) is 129 cm³/mol. The Labute approximate surface area is 188 Å². The Balaban J connectivity index is 1.27. The fourth-order valence-electron chi connectivity index (χ4n) is 6.28. The number of hydrogen-bond donors (Lipinski definition) is 0. The second-order valence-corrected chi connectivity index (χ2v) is 10.3. The van der Waals surface area contributed by atoms with Gasteiger partial charge in [-0.15, -0.1) is 0 Å². The summed E-state index contributed by atoms with van der Waals surface area (Å²) >= 11 is 0. The summed E-state index contributed by atoms with van der Waals surface area (Å²) < 4.78 is 20.1. The fraction of sp³-hybridized carbons (Fsp3) is 0.655. The predicted octanol–water partition coefficient (Wildman–Crippen LogP) is 9.04. The summed E-state index contributed by atoms with van der Waals surface area (Å²) in [5.41, 5.74) is 1.39. The zero-order valence-electron chi connectivity index (χ0n) is 19.7. The van der Waals surface area contributed by atoms with Crippen molar-refractivity contribution in [2.24, 2.45) is 17.8 Å². The summed E-state index contributed by atoms with van der Waals surface area (Å²) in [5.74, 6) is 3.73. The highest BCUT2D eigenvalue weighted by molar-refractivity contribution is 5.85. The quantitative estimate of drug-likeness (QED) is 0.410. The first-order valence-corrected chi connectivity index (χ1v) is 13.0. The molecule has 0 aromatic heterocycles. The van der Waals surface area contributed by atoms with Crippen LogP contribution in [0.5, 0.6) is 5.75 Å². The van der Waals surface area contributed by atoms with E-state index in [-0.39, 0.29) is 5.82 Å². The van der Waals surface area contributed by atoms with E-state index in [0.717, 1.165) is 23.1 Å². The van der Waals surface area contributed by atoms with Crippen LogP contribution in [0.25, 0.3) is 10.8 Å². The lowest BCUT2D eigenvalue weighted by Crippen LogP contribution is -2.17. The summed E-state index contributed by atoms with van der Waals surface area (Å²) in [6, 6.07) is 10.1. The van der Waals surface area contributed by atoms with Crippen molar-refractivity contribution in [1.29, 1.82) is 0 Å². The van der Waals surface area contributed by atoms with E-state index in [1.165, 1.54) is 82.6 Å². The van der Waals surface area contributed by atoms with Crippen LogP contribution in [0, 0.1) is 23.6 Å². The molecule has 0 atom stereocenters. The Bertz CT molecular complexity index is 828. The number of fused-ring (bicyclic) bond motifs is 1. The van der Waals surface area contributed by atoms with Crippen LogP contribution in [0.3, 0.4) is 0 Å². The van der Waals surface area contributed by atoms with Crippen LogP contribution in [0.1, 0.15) is 102 Å². The van der Waals surface area contributed by atoms with Crippen molar-refractivity contribution in [3.8, 4) is 5.75 Å². The maximum atomic E-state index is 14.7. The van der Waals surface area contributed by atoms with E-state index in [1.807, 2.05) is 19.1 Å². The minimum Gasteiger partial charge on any atom is -0.491 e. The van der Waals surface area contributed by atoms with Gasteiger partial charge in [0, 0.05) is 5.39 Å². The van der Waals surface area contributed by atoms with E-state index in [9.17, 15) is 4.39 Å². The smallest absolute Gasteiger partial charge is 0.172 e. The van der Waals surface area contributed by atoms with Crippen molar-refractivity contribution in [2.75, 3.05) is 6.61 Å². The maximum Gasteiger partial charge on any atom is 0.172 e. The SMILES string of the molecule is CCCC1CCC(CCC2CCC(c3ccc4c(F)c(OCC)ccc4c3)CC2)CC1. The standard InChI is InChI=1S/C29H41FO/c1-3-5-21-6-8-22(9-7-21)10-11-23-12-14-24(15-13-23)25-16-18-27-26(20-25)17-19-28(29(27)30)31-4-2/h16-24H,3-15H2,1-2H3. The Morgan fingerprint density at radius 3 is 2.00 bits per heavy atom. The monoisotopic (exact) mass is 424 g/mol. The summed E-state index contributed by atoms with van der Waals surface area (Å²) in [6.07, 6.45) is 17.0. The van der Waals surface area contributed by atoms with Crippen LogP contribution in [-0.4, -0.2) is 6.61 Å². The number of rotatable bonds is 8.